The molecule has 1 aromatic heterocycles. The quantitative estimate of drug-likeness (QED) is 0.197. The van der Waals surface area contributed by atoms with E-state index in [9.17, 15) is 0 Å². The molecule has 0 atom stereocenters. The van der Waals surface area contributed by atoms with Crippen LogP contribution in [0.25, 0.3) is 11.0 Å². The van der Waals surface area contributed by atoms with Gasteiger partial charge in [-0.1, -0.05) is 36.4 Å². The minimum absolute atomic E-state index is 0.333. The van der Waals surface area contributed by atoms with Crippen LogP contribution in [0, 0.1) is 0 Å². The molecule has 0 unspecified atom stereocenters. The Morgan fingerprint density at radius 1 is 0.853 bits per heavy atom. The number of benzene rings is 3. The molecule has 1 heterocycles. The summed E-state index contributed by atoms with van der Waals surface area (Å²) in [5.74, 6) is 3.73. The summed E-state index contributed by atoms with van der Waals surface area (Å²) in [4.78, 5) is 4.82. The van der Waals surface area contributed by atoms with Crippen LogP contribution in [0.2, 0.25) is 0 Å². The number of imidazole rings is 1. The molecule has 0 saturated heterocycles. The molecule has 0 aliphatic carbocycles. The van der Waals surface area contributed by atoms with E-state index in [1.165, 1.54) is 0 Å². The fourth-order valence-electron chi connectivity index (χ4n) is 3.90. The van der Waals surface area contributed by atoms with E-state index in [2.05, 4.69) is 17.2 Å². The summed E-state index contributed by atoms with van der Waals surface area (Å²) in [6.45, 7) is 5.45. The molecule has 0 aliphatic heterocycles. The first-order valence-corrected chi connectivity index (χ1v) is 11.3. The maximum atomic E-state index is 6.14. The van der Waals surface area contributed by atoms with Crippen LogP contribution in [0.1, 0.15) is 17.8 Å². The highest BCUT2D eigenvalue weighted by Crippen LogP contribution is 2.30. The van der Waals surface area contributed by atoms with E-state index in [1.54, 1.807) is 14.2 Å². The van der Waals surface area contributed by atoms with Crippen LogP contribution in [0.5, 0.6) is 23.0 Å². The summed E-state index contributed by atoms with van der Waals surface area (Å²) in [5.41, 5.74) is 3.15. The van der Waals surface area contributed by atoms with Gasteiger partial charge < -0.3 is 23.5 Å². The van der Waals surface area contributed by atoms with E-state index in [4.69, 9.17) is 23.9 Å². The third kappa shape index (κ3) is 5.34. The van der Waals surface area contributed by atoms with Crippen LogP contribution in [0.3, 0.4) is 0 Å². The van der Waals surface area contributed by atoms with Gasteiger partial charge in [0.25, 0.3) is 0 Å². The van der Waals surface area contributed by atoms with Gasteiger partial charge in [-0.3, -0.25) is 0 Å². The van der Waals surface area contributed by atoms with E-state index < -0.39 is 0 Å². The van der Waals surface area contributed by atoms with Crippen molar-refractivity contribution in [1.82, 2.24) is 9.55 Å². The van der Waals surface area contributed by atoms with E-state index in [0.717, 1.165) is 53.3 Å². The van der Waals surface area contributed by atoms with E-state index in [-0.39, 0.29) is 0 Å². The summed E-state index contributed by atoms with van der Waals surface area (Å²) >= 11 is 0. The molecule has 0 spiro atoms. The van der Waals surface area contributed by atoms with Gasteiger partial charge in [0.1, 0.15) is 12.4 Å². The zero-order valence-electron chi connectivity index (χ0n) is 19.7. The molecule has 3 aromatic carbocycles. The summed E-state index contributed by atoms with van der Waals surface area (Å²) in [7, 11) is 3.30. The third-order valence-electron chi connectivity index (χ3n) is 5.55. The van der Waals surface area contributed by atoms with Crippen molar-refractivity contribution in [2.45, 2.75) is 26.0 Å². The molecule has 6 nitrogen and oxygen atoms in total. The van der Waals surface area contributed by atoms with Crippen molar-refractivity contribution in [3.8, 4) is 23.0 Å². The standard InChI is InChI=1S/C28H30N2O4/c1-4-10-21-15-16-26(27(19-21)32-3)34-20-28-29-22-11-5-6-12-23(22)30(28)17-9-18-33-25-14-8-7-13-24(25)31-2/h4-8,11-16,19H,1,9-10,17-18,20H2,2-3H3. The van der Waals surface area contributed by atoms with Crippen molar-refractivity contribution in [3.63, 3.8) is 0 Å². The van der Waals surface area contributed by atoms with E-state index >= 15 is 0 Å². The molecule has 4 aromatic rings. The lowest BCUT2D eigenvalue weighted by molar-refractivity contribution is 0.264. The maximum Gasteiger partial charge on any atom is 0.161 e. The SMILES string of the molecule is C=CCc1ccc(OCc2nc3ccccc3n2CCCOc2ccccc2OC)c(OC)c1. The molecule has 0 fully saturated rings. The second-order valence-corrected chi connectivity index (χ2v) is 7.79. The van der Waals surface area contributed by atoms with Crippen LogP contribution >= 0.6 is 0 Å². The Morgan fingerprint density at radius 2 is 1.59 bits per heavy atom. The van der Waals surface area contributed by atoms with E-state index in [1.807, 2.05) is 66.7 Å². The highest BCUT2D eigenvalue weighted by molar-refractivity contribution is 5.75. The average molecular weight is 459 g/mol. The zero-order valence-corrected chi connectivity index (χ0v) is 19.7. The molecule has 0 N–H and O–H groups in total. The Kier molecular flexibility index (Phi) is 7.71. The number of rotatable bonds is 12. The van der Waals surface area contributed by atoms with Gasteiger partial charge in [0.15, 0.2) is 23.0 Å². The van der Waals surface area contributed by atoms with Crippen molar-refractivity contribution >= 4 is 11.0 Å². The van der Waals surface area contributed by atoms with Crippen molar-refractivity contribution in [3.05, 3.63) is 90.8 Å². The number of hydrogen-bond acceptors (Lipinski definition) is 5. The van der Waals surface area contributed by atoms with Crippen molar-refractivity contribution in [1.29, 1.82) is 0 Å². The molecule has 34 heavy (non-hydrogen) atoms. The fourth-order valence-corrected chi connectivity index (χ4v) is 3.90. The fraction of sp³-hybridized carbons (Fsp3) is 0.250. The van der Waals surface area contributed by atoms with Crippen LogP contribution < -0.4 is 18.9 Å². The number of methoxy groups -OCH3 is 2. The average Bonchev–Trinajstić information content (AvgIpc) is 3.23. The topological polar surface area (TPSA) is 54.7 Å². The van der Waals surface area contributed by atoms with Crippen molar-refractivity contribution in [2.75, 3.05) is 20.8 Å². The molecule has 4 rings (SSSR count). The van der Waals surface area contributed by atoms with Gasteiger partial charge in [-0.05, 0) is 54.8 Å². The maximum absolute atomic E-state index is 6.14. The molecule has 0 bridgehead atoms. The molecule has 0 saturated carbocycles. The van der Waals surface area contributed by atoms with Crippen LogP contribution in [0.15, 0.2) is 79.4 Å². The first kappa shape index (κ1) is 23.2. The Bertz CT molecular complexity index is 1250. The Hall–Kier alpha value is -3.93. The summed E-state index contributed by atoms with van der Waals surface area (Å²) in [6, 6.07) is 21.7. The zero-order chi connectivity index (χ0) is 23.8. The largest absolute Gasteiger partial charge is 0.493 e. The van der Waals surface area contributed by atoms with Crippen molar-refractivity contribution in [2.24, 2.45) is 0 Å². The predicted octanol–water partition coefficient (Wildman–Crippen LogP) is 5.83. The molecule has 0 amide bonds. The van der Waals surface area contributed by atoms with Gasteiger partial charge in [0, 0.05) is 6.54 Å². The lowest BCUT2D eigenvalue weighted by Gasteiger charge is -2.14. The monoisotopic (exact) mass is 458 g/mol. The molecule has 0 radical (unpaired) electrons. The number of fused-ring (bicyclic) bond motifs is 1. The van der Waals surface area contributed by atoms with Crippen LogP contribution in [-0.4, -0.2) is 30.4 Å². The molecular formula is C28H30N2O4. The second-order valence-electron chi connectivity index (χ2n) is 7.79. The van der Waals surface area contributed by atoms with Gasteiger partial charge in [0.05, 0.1) is 31.9 Å². The van der Waals surface area contributed by atoms with Gasteiger partial charge in [-0.25, -0.2) is 4.98 Å². The number of ether oxygens (including phenoxy) is 4. The minimum Gasteiger partial charge on any atom is -0.493 e. The predicted molar refractivity (Wildman–Crippen MR) is 134 cm³/mol. The lowest BCUT2D eigenvalue weighted by Crippen LogP contribution is -2.10. The Labute approximate surface area is 200 Å². The molecule has 0 aliphatic rings. The number of para-hydroxylation sites is 4. The highest BCUT2D eigenvalue weighted by Gasteiger charge is 2.13. The second kappa shape index (κ2) is 11.3. The lowest BCUT2D eigenvalue weighted by atomic mass is 10.1. The normalized spacial score (nSPS) is 10.8. The summed E-state index contributed by atoms with van der Waals surface area (Å²) < 4.78 is 25.2. The molecular weight excluding hydrogens is 428 g/mol. The molecule has 176 valence electrons. The van der Waals surface area contributed by atoms with Gasteiger partial charge in [-0.15, -0.1) is 6.58 Å². The first-order chi connectivity index (χ1) is 16.7. The van der Waals surface area contributed by atoms with Gasteiger partial charge in [0.2, 0.25) is 0 Å². The number of nitrogens with zero attached hydrogens (tertiary/aromatic N) is 2. The Morgan fingerprint density at radius 3 is 2.38 bits per heavy atom. The van der Waals surface area contributed by atoms with Crippen LogP contribution in [0.4, 0.5) is 0 Å². The Balaban J connectivity index is 1.46. The number of hydrogen-bond donors (Lipinski definition) is 0. The third-order valence-corrected chi connectivity index (χ3v) is 5.55. The highest BCUT2D eigenvalue weighted by atomic mass is 16.5. The molecule has 6 heteroatoms. The summed E-state index contributed by atoms with van der Waals surface area (Å²) in [5, 5.41) is 0. The van der Waals surface area contributed by atoms with Gasteiger partial charge in [-0.2, -0.15) is 0 Å². The first-order valence-electron chi connectivity index (χ1n) is 11.3. The smallest absolute Gasteiger partial charge is 0.161 e. The summed E-state index contributed by atoms with van der Waals surface area (Å²) in [6.07, 6.45) is 3.46. The number of allylic oxidation sites excluding steroid dienone is 1. The minimum atomic E-state index is 0.333. The van der Waals surface area contributed by atoms with Gasteiger partial charge >= 0.3 is 0 Å². The van der Waals surface area contributed by atoms with Crippen LogP contribution in [-0.2, 0) is 19.6 Å². The number of aryl methyl sites for hydroxylation is 1. The van der Waals surface area contributed by atoms with E-state index in [0.29, 0.717) is 24.7 Å². The number of aromatic nitrogens is 2. The van der Waals surface area contributed by atoms with Crippen molar-refractivity contribution < 1.29 is 18.9 Å².